The standard InChI is InChI=1S/C15H20N4O2/c1-4-11-9-7-8-10-12(11)13-16-17-18-19(13)15(5-2,6-3)14(20)21/h7-10H,4-6H2,1-3H3,(H,20,21). The van der Waals surface area contributed by atoms with E-state index >= 15 is 0 Å². The van der Waals surface area contributed by atoms with E-state index in [2.05, 4.69) is 22.4 Å². The molecule has 2 rings (SSSR count). The van der Waals surface area contributed by atoms with Gasteiger partial charge in [0, 0.05) is 5.56 Å². The third-order valence-electron chi connectivity index (χ3n) is 4.08. The van der Waals surface area contributed by atoms with Crippen molar-refractivity contribution in [3.63, 3.8) is 0 Å². The Balaban J connectivity index is 2.65. The number of carboxylic acids is 1. The number of hydrogen-bond acceptors (Lipinski definition) is 4. The third-order valence-corrected chi connectivity index (χ3v) is 4.08. The molecule has 1 heterocycles. The topological polar surface area (TPSA) is 80.9 Å². The summed E-state index contributed by atoms with van der Waals surface area (Å²) < 4.78 is 1.46. The molecule has 2 aromatic rings. The van der Waals surface area contributed by atoms with Crippen molar-refractivity contribution in [2.24, 2.45) is 0 Å². The predicted octanol–water partition coefficient (Wildman–Crippen LogP) is 2.50. The number of carboxylic acid groups (broad SMARTS) is 1. The fourth-order valence-corrected chi connectivity index (χ4v) is 2.63. The number of hydrogen-bond donors (Lipinski definition) is 1. The summed E-state index contributed by atoms with van der Waals surface area (Å²) in [6.45, 7) is 5.74. The van der Waals surface area contributed by atoms with E-state index in [0.29, 0.717) is 18.7 Å². The summed E-state index contributed by atoms with van der Waals surface area (Å²) in [6.07, 6.45) is 1.68. The quantitative estimate of drug-likeness (QED) is 0.883. The minimum Gasteiger partial charge on any atom is -0.479 e. The molecule has 0 fully saturated rings. The molecule has 0 saturated heterocycles. The number of benzene rings is 1. The summed E-state index contributed by atoms with van der Waals surface area (Å²) in [6, 6.07) is 7.81. The highest BCUT2D eigenvalue weighted by Crippen LogP contribution is 2.31. The van der Waals surface area contributed by atoms with Crippen molar-refractivity contribution in [1.82, 2.24) is 20.2 Å². The monoisotopic (exact) mass is 288 g/mol. The summed E-state index contributed by atoms with van der Waals surface area (Å²) in [5, 5.41) is 21.5. The maximum Gasteiger partial charge on any atom is 0.331 e. The molecule has 0 aliphatic rings. The van der Waals surface area contributed by atoms with Crippen molar-refractivity contribution in [3.8, 4) is 11.4 Å². The molecule has 21 heavy (non-hydrogen) atoms. The molecule has 0 atom stereocenters. The van der Waals surface area contributed by atoms with Gasteiger partial charge in [0.2, 0.25) is 0 Å². The van der Waals surface area contributed by atoms with Gasteiger partial charge in [-0.15, -0.1) is 5.10 Å². The molecule has 1 aromatic heterocycles. The summed E-state index contributed by atoms with van der Waals surface area (Å²) in [5.41, 5.74) is 0.872. The number of aliphatic carboxylic acids is 1. The largest absolute Gasteiger partial charge is 0.479 e. The lowest BCUT2D eigenvalue weighted by Gasteiger charge is -2.27. The van der Waals surface area contributed by atoms with Crippen LogP contribution in [0.1, 0.15) is 39.2 Å². The smallest absolute Gasteiger partial charge is 0.331 e. The van der Waals surface area contributed by atoms with Crippen LogP contribution in [0.15, 0.2) is 24.3 Å². The molecule has 0 spiro atoms. The van der Waals surface area contributed by atoms with Gasteiger partial charge in [0.15, 0.2) is 11.4 Å². The van der Waals surface area contributed by atoms with Crippen molar-refractivity contribution in [1.29, 1.82) is 0 Å². The molecule has 0 radical (unpaired) electrons. The molecular weight excluding hydrogens is 268 g/mol. The van der Waals surface area contributed by atoms with Crippen LogP contribution in [0.25, 0.3) is 11.4 Å². The van der Waals surface area contributed by atoms with Gasteiger partial charge in [-0.1, -0.05) is 45.0 Å². The van der Waals surface area contributed by atoms with Gasteiger partial charge in [-0.25, -0.2) is 9.48 Å². The van der Waals surface area contributed by atoms with E-state index < -0.39 is 11.5 Å². The van der Waals surface area contributed by atoms with Crippen molar-refractivity contribution < 1.29 is 9.90 Å². The van der Waals surface area contributed by atoms with E-state index in [1.54, 1.807) is 0 Å². The molecule has 1 aromatic carbocycles. The average Bonchev–Trinajstić information content (AvgIpc) is 2.98. The second-order valence-electron chi connectivity index (χ2n) is 4.97. The number of carbonyl (C=O) groups is 1. The lowest BCUT2D eigenvalue weighted by Crippen LogP contribution is -2.42. The number of nitrogens with zero attached hydrogens (tertiary/aromatic N) is 4. The SMILES string of the molecule is CCc1ccccc1-c1nnnn1C(CC)(CC)C(=O)O. The fraction of sp³-hybridized carbons (Fsp3) is 0.467. The lowest BCUT2D eigenvalue weighted by molar-refractivity contribution is -0.148. The summed E-state index contributed by atoms with van der Waals surface area (Å²) in [4.78, 5) is 11.8. The van der Waals surface area contributed by atoms with Gasteiger partial charge in [-0.2, -0.15) is 0 Å². The Bertz CT molecular complexity index is 632. The first-order valence-corrected chi connectivity index (χ1v) is 7.21. The lowest BCUT2D eigenvalue weighted by atomic mass is 9.92. The van der Waals surface area contributed by atoms with Crippen LogP contribution in [0.4, 0.5) is 0 Å². The van der Waals surface area contributed by atoms with Gasteiger partial charge in [-0.05, 0) is 35.3 Å². The third kappa shape index (κ3) is 2.41. The van der Waals surface area contributed by atoms with Gasteiger partial charge in [0.1, 0.15) is 0 Å². The van der Waals surface area contributed by atoms with E-state index in [0.717, 1.165) is 17.5 Å². The first-order valence-electron chi connectivity index (χ1n) is 7.21. The number of aromatic nitrogens is 4. The zero-order valence-corrected chi connectivity index (χ0v) is 12.6. The van der Waals surface area contributed by atoms with E-state index in [1.807, 2.05) is 38.1 Å². The van der Waals surface area contributed by atoms with Gasteiger partial charge < -0.3 is 5.11 Å². The second kappa shape index (κ2) is 6.03. The Hall–Kier alpha value is -2.24. The highest BCUT2D eigenvalue weighted by Gasteiger charge is 2.40. The summed E-state index contributed by atoms with van der Waals surface area (Å²) >= 11 is 0. The first-order chi connectivity index (χ1) is 10.1. The van der Waals surface area contributed by atoms with Crippen LogP contribution in [-0.2, 0) is 16.8 Å². The van der Waals surface area contributed by atoms with Crippen LogP contribution < -0.4 is 0 Å². The summed E-state index contributed by atoms with van der Waals surface area (Å²) in [7, 11) is 0. The highest BCUT2D eigenvalue weighted by molar-refractivity contribution is 5.77. The Labute approximate surface area is 123 Å². The molecule has 0 amide bonds. The zero-order chi connectivity index (χ0) is 15.5. The zero-order valence-electron chi connectivity index (χ0n) is 12.6. The molecule has 0 unspecified atom stereocenters. The molecule has 0 aliphatic heterocycles. The van der Waals surface area contributed by atoms with E-state index in [9.17, 15) is 9.90 Å². The van der Waals surface area contributed by atoms with Crippen LogP contribution in [0, 0.1) is 0 Å². The van der Waals surface area contributed by atoms with Crippen LogP contribution >= 0.6 is 0 Å². The number of tetrazole rings is 1. The number of rotatable bonds is 6. The van der Waals surface area contributed by atoms with Crippen LogP contribution in [0.2, 0.25) is 0 Å². The molecular formula is C15H20N4O2. The maximum atomic E-state index is 11.8. The second-order valence-corrected chi connectivity index (χ2v) is 4.97. The highest BCUT2D eigenvalue weighted by atomic mass is 16.4. The van der Waals surface area contributed by atoms with Crippen molar-refractivity contribution >= 4 is 5.97 Å². The minimum atomic E-state index is -1.11. The van der Waals surface area contributed by atoms with Crippen molar-refractivity contribution in [3.05, 3.63) is 29.8 Å². The average molecular weight is 288 g/mol. The molecule has 6 heteroatoms. The van der Waals surface area contributed by atoms with Crippen molar-refractivity contribution in [2.45, 2.75) is 45.6 Å². The number of aryl methyl sites for hydroxylation is 1. The van der Waals surface area contributed by atoms with Crippen LogP contribution in [0.3, 0.4) is 0 Å². The molecule has 1 N–H and O–H groups in total. The Morgan fingerprint density at radius 2 is 1.90 bits per heavy atom. The summed E-state index contributed by atoms with van der Waals surface area (Å²) in [5.74, 6) is -0.395. The van der Waals surface area contributed by atoms with Gasteiger partial charge in [0.25, 0.3) is 0 Å². The van der Waals surface area contributed by atoms with Gasteiger partial charge in [-0.3, -0.25) is 0 Å². The molecule has 0 saturated carbocycles. The van der Waals surface area contributed by atoms with E-state index in [-0.39, 0.29) is 0 Å². The van der Waals surface area contributed by atoms with Crippen molar-refractivity contribution in [2.75, 3.05) is 0 Å². The molecule has 0 bridgehead atoms. The van der Waals surface area contributed by atoms with Gasteiger partial charge >= 0.3 is 5.97 Å². The molecule has 6 nitrogen and oxygen atoms in total. The molecule has 0 aliphatic carbocycles. The Morgan fingerprint density at radius 1 is 1.24 bits per heavy atom. The first kappa shape index (κ1) is 15.2. The molecule has 112 valence electrons. The fourth-order valence-electron chi connectivity index (χ4n) is 2.63. The minimum absolute atomic E-state index is 0.422. The van der Waals surface area contributed by atoms with Gasteiger partial charge in [0.05, 0.1) is 0 Å². The predicted molar refractivity (Wildman–Crippen MR) is 78.8 cm³/mol. The van der Waals surface area contributed by atoms with E-state index in [4.69, 9.17) is 0 Å². The Morgan fingerprint density at radius 3 is 2.48 bits per heavy atom. The van der Waals surface area contributed by atoms with E-state index in [1.165, 1.54) is 4.68 Å². The maximum absolute atomic E-state index is 11.8. The normalized spacial score (nSPS) is 11.6. The Kier molecular flexibility index (Phi) is 4.35. The van der Waals surface area contributed by atoms with Crippen LogP contribution in [0.5, 0.6) is 0 Å². The van der Waals surface area contributed by atoms with Crippen LogP contribution in [-0.4, -0.2) is 31.3 Å².